The third-order valence-electron chi connectivity index (χ3n) is 2.70. The van der Waals surface area contributed by atoms with Crippen molar-refractivity contribution in [1.29, 1.82) is 0 Å². The van der Waals surface area contributed by atoms with Crippen LogP contribution < -0.4 is 5.32 Å². The summed E-state index contributed by atoms with van der Waals surface area (Å²) in [6, 6.07) is 14.3. The number of rotatable bonds is 5. The van der Waals surface area contributed by atoms with Gasteiger partial charge in [-0.3, -0.25) is 0 Å². The molecule has 0 spiro atoms. The van der Waals surface area contributed by atoms with Crippen molar-refractivity contribution in [2.75, 3.05) is 6.61 Å². The predicted octanol–water partition coefficient (Wildman–Crippen LogP) is 2.88. The second-order valence-electron chi connectivity index (χ2n) is 4.04. The van der Waals surface area contributed by atoms with Gasteiger partial charge >= 0.3 is 0 Å². The van der Waals surface area contributed by atoms with Gasteiger partial charge in [0.05, 0.1) is 12.6 Å². The molecule has 0 saturated heterocycles. The molecular formula is C14H17NOS. The molecule has 2 N–H and O–H groups in total. The van der Waals surface area contributed by atoms with E-state index in [1.54, 1.807) is 11.3 Å². The molecule has 17 heavy (non-hydrogen) atoms. The Bertz CT molecular complexity index is 452. The first-order valence-corrected chi connectivity index (χ1v) is 6.56. The van der Waals surface area contributed by atoms with Crippen molar-refractivity contribution >= 4 is 11.3 Å². The highest BCUT2D eigenvalue weighted by atomic mass is 32.1. The van der Waals surface area contributed by atoms with Crippen molar-refractivity contribution in [2.45, 2.75) is 19.5 Å². The molecule has 1 aromatic carbocycles. The SMILES string of the molecule is Cc1ccc(CN[C@@H](CO)c2ccccc2)s1. The number of hydrogen-bond donors (Lipinski definition) is 2. The zero-order chi connectivity index (χ0) is 12.1. The van der Waals surface area contributed by atoms with E-state index in [0.717, 1.165) is 12.1 Å². The van der Waals surface area contributed by atoms with E-state index in [1.165, 1.54) is 9.75 Å². The number of thiophene rings is 1. The van der Waals surface area contributed by atoms with E-state index in [9.17, 15) is 5.11 Å². The zero-order valence-corrected chi connectivity index (χ0v) is 10.7. The molecule has 0 amide bonds. The van der Waals surface area contributed by atoms with Crippen molar-refractivity contribution in [2.24, 2.45) is 0 Å². The molecule has 0 saturated carbocycles. The molecule has 1 heterocycles. The van der Waals surface area contributed by atoms with Gasteiger partial charge in [-0.25, -0.2) is 0 Å². The first kappa shape index (κ1) is 12.3. The van der Waals surface area contributed by atoms with Crippen molar-refractivity contribution in [3.05, 3.63) is 57.8 Å². The van der Waals surface area contributed by atoms with Crippen molar-refractivity contribution < 1.29 is 5.11 Å². The maximum absolute atomic E-state index is 9.40. The first-order chi connectivity index (χ1) is 8.29. The van der Waals surface area contributed by atoms with Crippen LogP contribution in [0.3, 0.4) is 0 Å². The topological polar surface area (TPSA) is 32.3 Å². The van der Waals surface area contributed by atoms with Gasteiger partial charge in [-0.1, -0.05) is 30.3 Å². The van der Waals surface area contributed by atoms with Gasteiger partial charge in [0.15, 0.2) is 0 Å². The molecule has 0 aliphatic heterocycles. The Labute approximate surface area is 106 Å². The number of hydrogen-bond acceptors (Lipinski definition) is 3. The molecule has 2 aromatic rings. The number of aliphatic hydroxyl groups excluding tert-OH is 1. The van der Waals surface area contributed by atoms with Gasteiger partial charge in [0.2, 0.25) is 0 Å². The van der Waals surface area contributed by atoms with Gasteiger partial charge < -0.3 is 10.4 Å². The lowest BCUT2D eigenvalue weighted by Crippen LogP contribution is -2.23. The average molecular weight is 247 g/mol. The summed E-state index contributed by atoms with van der Waals surface area (Å²) in [6.07, 6.45) is 0. The number of nitrogens with one attached hydrogen (secondary N) is 1. The van der Waals surface area contributed by atoms with Gasteiger partial charge in [-0.15, -0.1) is 11.3 Å². The highest BCUT2D eigenvalue weighted by Crippen LogP contribution is 2.17. The molecule has 0 aliphatic carbocycles. The summed E-state index contributed by atoms with van der Waals surface area (Å²) >= 11 is 1.79. The lowest BCUT2D eigenvalue weighted by Gasteiger charge is -2.15. The van der Waals surface area contributed by atoms with Crippen molar-refractivity contribution in [1.82, 2.24) is 5.32 Å². The lowest BCUT2D eigenvalue weighted by atomic mass is 10.1. The second-order valence-corrected chi connectivity index (χ2v) is 5.41. The largest absolute Gasteiger partial charge is 0.394 e. The predicted molar refractivity (Wildman–Crippen MR) is 72.2 cm³/mol. The second kappa shape index (κ2) is 5.96. The van der Waals surface area contributed by atoms with Crippen LogP contribution in [0.1, 0.15) is 21.4 Å². The smallest absolute Gasteiger partial charge is 0.0626 e. The third-order valence-corrected chi connectivity index (χ3v) is 3.70. The first-order valence-electron chi connectivity index (χ1n) is 5.74. The Kier molecular flexibility index (Phi) is 4.31. The van der Waals surface area contributed by atoms with Crippen LogP contribution in [0.5, 0.6) is 0 Å². The molecule has 0 bridgehead atoms. The van der Waals surface area contributed by atoms with Crippen LogP contribution >= 0.6 is 11.3 Å². The fourth-order valence-corrected chi connectivity index (χ4v) is 2.62. The van der Waals surface area contributed by atoms with Gasteiger partial charge in [0.25, 0.3) is 0 Å². The van der Waals surface area contributed by atoms with Crippen LogP contribution in [0, 0.1) is 6.92 Å². The number of aliphatic hydroxyl groups is 1. The summed E-state index contributed by atoms with van der Waals surface area (Å²) in [4.78, 5) is 2.62. The van der Waals surface area contributed by atoms with Gasteiger partial charge in [0, 0.05) is 16.3 Å². The molecule has 1 atom stereocenters. The van der Waals surface area contributed by atoms with Crippen molar-refractivity contribution in [3.63, 3.8) is 0 Å². The summed E-state index contributed by atoms with van der Waals surface area (Å²) in [5.74, 6) is 0. The van der Waals surface area contributed by atoms with Crippen LogP contribution in [-0.2, 0) is 6.54 Å². The zero-order valence-electron chi connectivity index (χ0n) is 9.89. The standard InChI is InChI=1S/C14H17NOS/c1-11-7-8-13(17-11)9-15-14(10-16)12-5-3-2-4-6-12/h2-8,14-16H,9-10H2,1H3/t14-/m0/s1. The molecule has 1 aromatic heterocycles. The van der Waals surface area contributed by atoms with E-state index in [0.29, 0.717) is 0 Å². The highest BCUT2D eigenvalue weighted by molar-refractivity contribution is 7.11. The Morgan fingerprint density at radius 1 is 1.18 bits per heavy atom. The molecule has 3 heteroatoms. The monoisotopic (exact) mass is 247 g/mol. The minimum absolute atomic E-state index is 0.0126. The molecule has 2 rings (SSSR count). The van der Waals surface area contributed by atoms with Crippen LogP contribution in [0.25, 0.3) is 0 Å². The minimum Gasteiger partial charge on any atom is -0.394 e. The summed E-state index contributed by atoms with van der Waals surface area (Å²) in [5, 5.41) is 12.8. The molecule has 0 unspecified atom stereocenters. The number of aryl methyl sites for hydroxylation is 1. The summed E-state index contributed by atoms with van der Waals surface area (Å²) < 4.78 is 0. The minimum atomic E-state index is 0.0126. The summed E-state index contributed by atoms with van der Waals surface area (Å²) in [7, 11) is 0. The third kappa shape index (κ3) is 3.40. The molecule has 90 valence electrons. The Morgan fingerprint density at radius 3 is 2.53 bits per heavy atom. The van der Waals surface area contributed by atoms with E-state index < -0.39 is 0 Å². The van der Waals surface area contributed by atoms with Crippen LogP contribution in [0.2, 0.25) is 0 Å². The molecule has 0 fully saturated rings. The Hall–Kier alpha value is -1.16. The molecule has 2 nitrogen and oxygen atoms in total. The fourth-order valence-electron chi connectivity index (χ4n) is 1.78. The molecular weight excluding hydrogens is 230 g/mol. The normalized spacial score (nSPS) is 12.6. The van der Waals surface area contributed by atoms with Gasteiger partial charge in [0.1, 0.15) is 0 Å². The van der Waals surface area contributed by atoms with E-state index in [4.69, 9.17) is 0 Å². The van der Waals surface area contributed by atoms with E-state index in [2.05, 4.69) is 24.4 Å². The van der Waals surface area contributed by atoms with Crippen molar-refractivity contribution in [3.8, 4) is 0 Å². The summed E-state index contributed by atoms with van der Waals surface area (Å²) in [6.45, 7) is 3.03. The lowest BCUT2D eigenvalue weighted by molar-refractivity contribution is 0.244. The van der Waals surface area contributed by atoms with E-state index in [1.807, 2.05) is 30.3 Å². The van der Waals surface area contributed by atoms with Gasteiger partial charge in [-0.05, 0) is 24.6 Å². The Balaban J connectivity index is 1.97. The van der Waals surface area contributed by atoms with Crippen LogP contribution in [0.15, 0.2) is 42.5 Å². The highest BCUT2D eigenvalue weighted by Gasteiger charge is 2.09. The average Bonchev–Trinajstić information content (AvgIpc) is 2.77. The fraction of sp³-hybridized carbons (Fsp3) is 0.286. The summed E-state index contributed by atoms with van der Waals surface area (Å²) in [5.41, 5.74) is 1.13. The van der Waals surface area contributed by atoms with E-state index >= 15 is 0 Å². The molecule has 0 aliphatic rings. The Morgan fingerprint density at radius 2 is 1.94 bits per heavy atom. The molecule has 0 radical (unpaired) electrons. The van der Waals surface area contributed by atoms with Crippen LogP contribution in [0.4, 0.5) is 0 Å². The maximum Gasteiger partial charge on any atom is 0.0626 e. The van der Waals surface area contributed by atoms with Crippen LogP contribution in [-0.4, -0.2) is 11.7 Å². The number of benzene rings is 1. The van der Waals surface area contributed by atoms with E-state index in [-0.39, 0.29) is 12.6 Å². The quantitative estimate of drug-likeness (QED) is 0.851. The van der Waals surface area contributed by atoms with Gasteiger partial charge in [-0.2, -0.15) is 0 Å². The maximum atomic E-state index is 9.40.